The summed E-state index contributed by atoms with van der Waals surface area (Å²) in [6, 6.07) is 6.46. The van der Waals surface area contributed by atoms with Gasteiger partial charge in [0.05, 0.1) is 0 Å². The molecule has 24 heavy (non-hydrogen) atoms. The number of hydrogen-bond acceptors (Lipinski definition) is 8. The number of rotatable bonds is 6. The molecule has 0 unspecified atom stereocenters. The van der Waals surface area contributed by atoms with Gasteiger partial charge in [0.25, 0.3) is 0 Å². The molecule has 0 aliphatic carbocycles. The molecule has 1 atom stereocenters. The van der Waals surface area contributed by atoms with E-state index >= 15 is 0 Å². The fraction of sp³-hybridized carbons (Fsp3) is 0.500. The molecular formula is C16H24N6OS. The Hall–Kier alpha value is -1.90. The minimum atomic E-state index is 0.188. The van der Waals surface area contributed by atoms with E-state index in [1.54, 1.807) is 11.3 Å². The molecule has 0 bridgehead atoms. The first-order chi connectivity index (χ1) is 11.7. The fourth-order valence-electron chi connectivity index (χ4n) is 3.08. The van der Waals surface area contributed by atoms with Crippen LogP contribution in [0.1, 0.15) is 11.3 Å². The molecule has 0 aromatic carbocycles. The smallest absolute Gasteiger partial charge is 0.223 e. The Bertz CT molecular complexity index is 650. The van der Waals surface area contributed by atoms with Crippen LogP contribution in [0, 0.1) is 0 Å². The van der Waals surface area contributed by atoms with Gasteiger partial charge >= 0.3 is 0 Å². The lowest BCUT2D eigenvalue weighted by Crippen LogP contribution is -2.53. The number of thiophene rings is 1. The highest BCUT2D eigenvalue weighted by Crippen LogP contribution is 2.24. The van der Waals surface area contributed by atoms with E-state index in [9.17, 15) is 5.11 Å². The van der Waals surface area contributed by atoms with Crippen molar-refractivity contribution in [1.82, 2.24) is 14.9 Å². The number of aliphatic hydroxyl groups is 1. The van der Waals surface area contributed by atoms with E-state index in [-0.39, 0.29) is 12.6 Å². The van der Waals surface area contributed by atoms with Gasteiger partial charge in [0.15, 0.2) is 0 Å². The quantitative estimate of drug-likeness (QED) is 0.723. The second-order valence-corrected chi connectivity index (χ2v) is 6.91. The Morgan fingerprint density at radius 3 is 3.00 bits per heavy atom. The molecule has 130 valence electrons. The zero-order valence-corrected chi connectivity index (χ0v) is 14.7. The summed E-state index contributed by atoms with van der Waals surface area (Å²) in [5.41, 5.74) is 5.81. The first kappa shape index (κ1) is 16.9. The molecule has 1 saturated heterocycles. The summed E-state index contributed by atoms with van der Waals surface area (Å²) in [5.74, 6) is 1.83. The third-order valence-electron chi connectivity index (χ3n) is 4.32. The number of aromatic nitrogens is 2. The monoisotopic (exact) mass is 348 g/mol. The fourth-order valence-corrected chi connectivity index (χ4v) is 3.81. The van der Waals surface area contributed by atoms with Gasteiger partial charge in [0.2, 0.25) is 5.95 Å². The second-order valence-electron chi connectivity index (χ2n) is 5.88. The second kappa shape index (κ2) is 7.78. The molecule has 4 N–H and O–H groups in total. The van der Waals surface area contributed by atoms with Gasteiger partial charge in [-0.1, -0.05) is 6.07 Å². The van der Waals surface area contributed by atoms with Gasteiger partial charge in [-0.3, -0.25) is 4.90 Å². The molecule has 7 nitrogen and oxygen atoms in total. The minimum Gasteiger partial charge on any atom is -0.396 e. The number of hydrogen-bond donors (Lipinski definition) is 3. The molecule has 1 fully saturated rings. The lowest BCUT2D eigenvalue weighted by molar-refractivity contribution is 0.136. The summed E-state index contributed by atoms with van der Waals surface area (Å²) in [7, 11) is 1.82. The van der Waals surface area contributed by atoms with Crippen molar-refractivity contribution in [2.24, 2.45) is 0 Å². The molecule has 1 aliphatic rings. The minimum absolute atomic E-state index is 0.188. The van der Waals surface area contributed by atoms with Crippen LogP contribution in [0.3, 0.4) is 0 Å². The number of nitrogens with two attached hydrogens (primary N) is 1. The van der Waals surface area contributed by atoms with Crippen molar-refractivity contribution >= 4 is 28.9 Å². The van der Waals surface area contributed by atoms with E-state index in [0.717, 1.165) is 44.2 Å². The molecule has 3 rings (SSSR count). The van der Waals surface area contributed by atoms with E-state index in [1.807, 2.05) is 13.1 Å². The van der Waals surface area contributed by atoms with Gasteiger partial charge in [0, 0.05) is 56.8 Å². The molecule has 2 aromatic rings. The van der Waals surface area contributed by atoms with Crippen LogP contribution in [0.15, 0.2) is 23.6 Å². The maximum absolute atomic E-state index is 9.45. The SMILES string of the molecule is CNc1cc(N2CCN(Cc3cccs3)[C@H](CCO)C2)nc(N)n1. The van der Waals surface area contributed by atoms with E-state index in [0.29, 0.717) is 6.04 Å². The van der Waals surface area contributed by atoms with E-state index < -0.39 is 0 Å². The number of nitrogen functional groups attached to an aromatic ring is 1. The van der Waals surface area contributed by atoms with E-state index in [4.69, 9.17) is 5.73 Å². The van der Waals surface area contributed by atoms with E-state index in [1.165, 1.54) is 4.88 Å². The van der Waals surface area contributed by atoms with Crippen molar-refractivity contribution < 1.29 is 5.11 Å². The van der Waals surface area contributed by atoms with Crippen LogP contribution >= 0.6 is 11.3 Å². The van der Waals surface area contributed by atoms with Crippen molar-refractivity contribution in [2.75, 3.05) is 49.2 Å². The number of nitrogens with one attached hydrogen (secondary N) is 1. The highest BCUT2D eigenvalue weighted by atomic mass is 32.1. The van der Waals surface area contributed by atoms with Gasteiger partial charge in [-0.15, -0.1) is 11.3 Å². The van der Waals surface area contributed by atoms with Crippen molar-refractivity contribution in [3.8, 4) is 0 Å². The predicted molar refractivity (Wildman–Crippen MR) is 98.4 cm³/mol. The first-order valence-corrected chi connectivity index (χ1v) is 9.02. The van der Waals surface area contributed by atoms with Gasteiger partial charge < -0.3 is 21.1 Å². The van der Waals surface area contributed by atoms with Gasteiger partial charge in [-0.05, 0) is 17.9 Å². The third-order valence-corrected chi connectivity index (χ3v) is 5.18. The maximum Gasteiger partial charge on any atom is 0.223 e. The molecule has 0 amide bonds. The zero-order valence-electron chi connectivity index (χ0n) is 13.9. The summed E-state index contributed by atoms with van der Waals surface area (Å²) < 4.78 is 0. The number of anilines is 3. The summed E-state index contributed by atoms with van der Waals surface area (Å²) in [6.45, 7) is 3.76. The molecule has 0 spiro atoms. The number of piperazine rings is 1. The maximum atomic E-state index is 9.45. The number of aliphatic hydroxyl groups excluding tert-OH is 1. The van der Waals surface area contributed by atoms with E-state index in [2.05, 4.69) is 42.6 Å². The molecule has 0 saturated carbocycles. The molecule has 8 heteroatoms. The average molecular weight is 348 g/mol. The van der Waals surface area contributed by atoms with Crippen LogP contribution < -0.4 is 16.0 Å². The lowest BCUT2D eigenvalue weighted by atomic mass is 10.1. The Kier molecular flexibility index (Phi) is 5.49. The van der Waals surface area contributed by atoms with Crippen LogP contribution in [0.25, 0.3) is 0 Å². The molecule has 2 aromatic heterocycles. The molecular weight excluding hydrogens is 324 g/mol. The molecule has 1 aliphatic heterocycles. The highest BCUT2D eigenvalue weighted by Gasteiger charge is 2.28. The first-order valence-electron chi connectivity index (χ1n) is 8.14. The van der Waals surface area contributed by atoms with Crippen molar-refractivity contribution in [2.45, 2.75) is 19.0 Å². The standard InChI is InChI=1S/C16H24N6OS/c1-18-14-9-15(20-16(17)19-14)22-6-5-21(12(10-22)4-7-23)11-13-3-2-8-24-13/h2-3,8-9,12,23H,4-7,10-11H2,1H3,(H3,17,18,19,20)/t12-/m1/s1. The summed E-state index contributed by atoms with van der Waals surface area (Å²) in [4.78, 5) is 14.6. The lowest BCUT2D eigenvalue weighted by Gasteiger charge is -2.41. The van der Waals surface area contributed by atoms with Crippen molar-refractivity contribution in [3.63, 3.8) is 0 Å². The normalized spacial score (nSPS) is 18.8. The zero-order chi connectivity index (χ0) is 16.9. The van der Waals surface area contributed by atoms with Gasteiger partial charge in [-0.25, -0.2) is 0 Å². The van der Waals surface area contributed by atoms with Gasteiger partial charge in [-0.2, -0.15) is 9.97 Å². The average Bonchev–Trinajstić information content (AvgIpc) is 3.09. The summed E-state index contributed by atoms with van der Waals surface area (Å²) in [5, 5.41) is 14.6. The predicted octanol–water partition coefficient (Wildman–Crippen LogP) is 1.24. The van der Waals surface area contributed by atoms with Gasteiger partial charge in [0.1, 0.15) is 11.6 Å². The Balaban J connectivity index is 1.73. The number of nitrogens with zero attached hydrogens (tertiary/aromatic N) is 4. The van der Waals surface area contributed by atoms with Crippen molar-refractivity contribution in [1.29, 1.82) is 0 Å². The summed E-state index contributed by atoms with van der Waals surface area (Å²) in [6.07, 6.45) is 0.751. The van der Waals surface area contributed by atoms with Crippen LogP contribution in [0.5, 0.6) is 0 Å². The Morgan fingerprint density at radius 2 is 2.29 bits per heavy atom. The molecule has 0 radical (unpaired) electrons. The van der Waals surface area contributed by atoms with Crippen LogP contribution in [-0.4, -0.2) is 59.3 Å². The van der Waals surface area contributed by atoms with Crippen LogP contribution in [0.4, 0.5) is 17.6 Å². The largest absolute Gasteiger partial charge is 0.396 e. The Labute approximate surface area is 146 Å². The molecule has 3 heterocycles. The highest BCUT2D eigenvalue weighted by molar-refractivity contribution is 7.09. The van der Waals surface area contributed by atoms with Crippen LogP contribution in [0.2, 0.25) is 0 Å². The third kappa shape index (κ3) is 3.95. The van der Waals surface area contributed by atoms with Crippen molar-refractivity contribution in [3.05, 3.63) is 28.5 Å². The summed E-state index contributed by atoms with van der Waals surface area (Å²) >= 11 is 1.78. The van der Waals surface area contributed by atoms with Crippen LogP contribution in [-0.2, 0) is 6.54 Å². The topological polar surface area (TPSA) is 90.5 Å². The Morgan fingerprint density at radius 1 is 1.42 bits per heavy atom.